The van der Waals surface area contributed by atoms with Crippen molar-refractivity contribution in [2.75, 3.05) is 17.4 Å². The first kappa shape index (κ1) is 15.7. The monoisotopic (exact) mass is 345 g/mol. The minimum absolute atomic E-state index is 0.266. The van der Waals surface area contributed by atoms with Crippen LogP contribution >= 0.6 is 0 Å². The van der Waals surface area contributed by atoms with Gasteiger partial charge in [-0.15, -0.1) is 0 Å². The Morgan fingerprint density at radius 1 is 0.962 bits per heavy atom. The largest absolute Gasteiger partial charge is 0.454 e. The fourth-order valence-corrected chi connectivity index (χ4v) is 2.54. The molecular weight excluding hydrogens is 330 g/mol. The van der Waals surface area contributed by atoms with Gasteiger partial charge >= 0.3 is 0 Å². The molecular formula is C19H15N5O2. The zero-order valence-corrected chi connectivity index (χ0v) is 13.8. The van der Waals surface area contributed by atoms with Gasteiger partial charge in [0.15, 0.2) is 11.5 Å². The highest BCUT2D eigenvalue weighted by molar-refractivity contribution is 5.59. The molecule has 0 fully saturated rings. The maximum atomic E-state index is 8.85. The van der Waals surface area contributed by atoms with E-state index in [-0.39, 0.29) is 6.79 Å². The van der Waals surface area contributed by atoms with Crippen LogP contribution in [-0.4, -0.2) is 16.8 Å². The molecule has 4 rings (SSSR count). The standard InChI is InChI=1S/C19H15N5O2/c20-9-13-1-4-15(5-2-13)24-19-8-18(22-11-23-19)21-10-14-3-6-16-17(7-14)26-12-25-16/h1-8,11H,10,12H2,(H2,21,22,23,24). The molecule has 7 heteroatoms. The van der Waals surface area contributed by atoms with Crippen LogP contribution in [0.5, 0.6) is 11.5 Å². The van der Waals surface area contributed by atoms with E-state index in [1.165, 1.54) is 6.33 Å². The number of nitrogens with zero attached hydrogens (tertiary/aromatic N) is 3. The van der Waals surface area contributed by atoms with Crippen molar-refractivity contribution in [1.82, 2.24) is 9.97 Å². The third kappa shape index (κ3) is 3.49. The first-order valence-electron chi connectivity index (χ1n) is 8.02. The lowest BCUT2D eigenvalue weighted by Gasteiger charge is -2.09. The predicted molar refractivity (Wildman–Crippen MR) is 96.4 cm³/mol. The van der Waals surface area contributed by atoms with Crippen molar-refractivity contribution in [3.05, 3.63) is 66.0 Å². The first-order valence-corrected chi connectivity index (χ1v) is 8.02. The van der Waals surface area contributed by atoms with Crippen LogP contribution in [0.15, 0.2) is 54.9 Å². The van der Waals surface area contributed by atoms with E-state index >= 15 is 0 Å². The summed E-state index contributed by atoms with van der Waals surface area (Å²) in [7, 11) is 0. The second-order valence-corrected chi connectivity index (χ2v) is 5.64. The van der Waals surface area contributed by atoms with E-state index in [9.17, 15) is 0 Å². The van der Waals surface area contributed by atoms with Crippen molar-refractivity contribution in [3.8, 4) is 17.6 Å². The molecule has 0 saturated heterocycles. The lowest BCUT2D eigenvalue weighted by atomic mass is 10.2. The van der Waals surface area contributed by atoms with Crippen molar-refractivity contribution in [2.45, 2.75) is 6.54 Å². The molecule has 2 aromatic carbocycles. The summed E-state index contributed by atoms with van der Waals surface area (Å²) in [6, 6.07) is 16.9. The molecule has 0 amide bonds. The SMILES string of the molecule is N#Cc1ccc(Nc2cc(NCc3ccc4c(c3)OCO4)ncn2)cc1. The lowest BCUT2D eigenvalue weighted by Crippen LogP contribution is -2.03. The number of rotatable bonds is 5. The summed E-state index contributed by atoms with van der Waals surface area (Å²) in [6.07, 6.45) is 1.49. The Bertz CT molecular complexity index is 966. The maximum Gasteiger partial charge on any atom is 0.231 e. The van der Waals surface area contributed by atoms with Crippen LogP contribution in [0.3, 0.4) is 0 Å². The molecule has 3 aromatic rings. The molecule has 1 aromatic heterocycles. The van der Waals surface area contributed by atoms with Gasteiger partial charge in [-0.3, -0.25) is 0 Å². The number of fused-ring (bicyclic) bond motifs is 1. The van der Waals surface area contributed by atoms with Gasteiger partial charge in [0, 0.05) is 18.3 Å². The van der Waals surface area contributed by atoms with Gasteiger partial charge in [-0.2, -0.15) is 5.26 Å². The summed E-state index contributed by atoms with van der Waals surface area (Å²) in [5, 5.41) is 15.3. The average Bonchev–Trinajstić information content (AvgIpc) is 3.15. The molecule has 0 unspecified atom stereocenters. The third-order valence-corrected chi connectivity index (χ3v) is 3.86. The zero-order chi connectivity index (χ0) is 17.8. The van der Waals surface area contributed by atoms with Gasteiger partial charge in [-0.25, -0.2) is 9.97 Å². The highest BCUT2D eigenvalue weighted by Gasteiger charge is 2.13. The van der Waals surface area contributed by atoms with Gasteiger partial charge in [0.1, 0.15) is 18.0 Å². The van der Waals surface area contributed by atoms with Gasteiger partial charge in [0.2, 0.25) is 6.79 Å². The van der Waals surface area contributed by atoms with Crippen molar-refractivity contribution in [2.24, 2.45) is 0 Å². The predicted octanol–water partition coefficient (Wildman–Crippen LogP) is 3.43. The number of anilines is 3. The topological polar surface area (TPSA) is 92.1 Å². The van der Waals surface area contributed by atoms with Crippen LogP contribution in [0.4, 0.5) is 17.3 Å². The molecule has 0 radical (unpaired) electrons. The van der Waals surface area contributed by atoms with E-state index in [0.29, 0.717) is 23.7 Å². The van der Waals surface area contributed by atoms with Crippen molar-refractivity contribution in [1.29, 1.82) is 5.26 Å². The number of ether oxygens (including phenoxy) is 2. The number of nitrogens with one attached hydrogen (secondary N) is 2. The normalized spacial score (nSPS) is 11.7. The van der Waals surface area contributed by atoms with Gasteiger partial charge in [-0.1, -0.05) is 6.07 Å². The van der Waals surface area contributed by atoms with Crippen LogP contribution < -0.4 is 20.1 Å². The third-order valence-electron chi connectivity index (χ3n) is 3.86. The Labute approximate surface area is 150 Å². The van der Waals surface area contributed by atoms with Crippen molar-refractivity contribution < 1.29 is 9.47 Å². The number of benzene rings is 2. The van der Waals surface area contributed by atoms with Crippen molar-refractivity contribution in [3.63, 3.8) is 0 Å². The van der Waals surface area contributed by atoms with E-state index in [4.69, 9.17) is 14.7 Å². The lowest BCUT2D eigenvalue weighted by molar-refractivity contribution is 0.174. The Hall–Kier alpha value is -3.79. The number of hydrogen-bond donors (Lipinski definition) is 2. The number of nitriles is 1. The van der Waals surface area contributed by atoms with Crippen molar-refractivity contribution >= 4 is 17.3 Å². The fraction of sp³-hybridized carbons (Fsp3) is 0.105. The molecule has 0 aliphatic carbocycles. The van der Waals surface area contributed by atoms with Crippen LogP contribution in [0, 0.1) is 11.3 Å². The second-order valence-electron chi connectivity index (χ2n) is 5.64. The minimum Gasteiger partial charge on any atom is -0.454 e. The molecule has 0 atom stereocenters. The fourth-order valence-electron chi connectivity index (χ4n) is 2.54. The average molecular weight is 345 g/mol. The van der Waals surface area contributed by atoms with Crippen LogP contribution in [-0.2, 0) is 6.54 Å². The van der Waals surface area contributed by atoms with Gasteiger partial charge in [-0.05, 0) is 42.0 Å². The van der Waals surface area contributed by atoms with Gasteiger partial charge in [0.05, 0.1) is 11.6 Å². The zero-order valence-electron chi connectivity index (χ0n) is 13.8. The smallest absolute Gasteiger partial charge is 0.231 e. The molecule has 0 saturated carbocycles. The summed E-state index contributed by atoms with van der Waals surface area (Å²) in [4.78, 5) is 8.45. The summed E-state index contributed by atoms with van der Waals surface area (Å²) in [5.74, 6) is 2.89. The van der Waals surface area contributed by atoms with E-state index in [0.717, 1.165) is 22.7 Å². The highest BCUT2D eigenvalue weighted by Crippen LogP contribution is 2.32. The quantitative estimate of drug-likeness (QED) is 0.732. The Balaban J connectivity index is 1.41. The summed E-state index contributed by atoms with van der Waals surface area (Å²) < 4.78 is 10.7. The van der Waals surface area contributed by atoms with E-state index in [1.807, 2.05) is 36.4 Å². The molecule has 7 nitrogen and oxygen atoms in total. The Morgan fingerprint density at radius 2 is 1.77 bits per heavy atom. The number of hydrogen-bond acceptors (Lipinski definition) is 7. The molecule has 26 heavy (non-hydrogen) atoms. The molecule has 1 aliphatic heterocycles. The van der Waals surface area contributed by atoms with Crippen LogP contribution in [0.1, 0.15) is 11.1 Å². The summed E-state index contributed by atoms with van der Waals surface area (Å²) in [6.45, 7) is 0.868. The highest BCUT2D eigenvalue weighted by atomic mass is 16.7. The molecule has 2 heterocycles. The van der Waals surface area contributed by atoms with Gasteiger partial charge < -0.3 is 20.1 Å². The number of aromatic nitrogens is 2. The Morgan fingerprint density at radius 3 is 2.62 bits per heavy atom. The second kappa shape index (κ2) is 6.99. The van der Waals surface area contributed by atoms with Crippen LogP contribution in [0.2, 0.25) is 0 Å². The molecule has 0 bridgehead atoms. The van der Waals surface area contributed by atoms with E-state index < -0.39 is 0 Å². The summed E-state index contributed by atoms with van der Waals surface area (Å²) in [5.41, 5.74) is 2.53. The molecule has 2 N–H and O–H groups in total. The minimum atomic E-state index is 0.266. The van der Waals surface area contributed by atoms with Crippen LogP contribution in [0.25, 0.3) is 0 Å². The van der Waals surface area contributed by atoms with E-state index in [1.54, 1.807) is 12.1 Å². The maximum absolute atomic E-state index is 8.85. The first-order chi connectivity index (χ1) is 12.8. The Kier molecular flexibility index (Phi) is 4.23. The van der Waals surface area contributed by atoms with E-state index in [2.05, 4.69) is 26.7 Å². The molecule has 1 aliphatic rings. The molecule has 0 spiro atoms. The molecule has 128 valence electrons. The van der Waals surface area contributed by atoms with Gasteiger partial charge in [0.25, 0.3) is 0 Å². The summed E-state index contributed by atoms with van der Waals surface area (Å²) >= 11 is 0.